The molecule has 0 amide bonds. The fourth-order valence-electron chi connectivity index (χ4n) is 1.85. The Morgan fingerprint density at radius 2 is 1.60 bits per heavy atom. The molecule has 0 aliphatic rings. The topological polar surface area (TPSA) is 80.9 Å². The third kappa shape index (κ3) is 2.52. The highest BCUT2D eigenvalue weighted by molar-refractivity contribution is 5.65. The predicted molar refractivity (Wildman–Crippen MR) is 72.6 cm³/mol. The first-order valence-corrected chi connectivity index (χ1v) is 5.94. The van der Waals surface area contributed by atoms with Crippen molar-refractivity contribution in [3.63, 3.8) is 0 Å². The van der Waals surface area contributed by atoms with E-state index in [0.717, 1.165) is 16.7 Å². The maximum absolute atomic E-state index is 9.16. The number of rotatable bonds is 3. The largest absolute Gasteiger partial charge is 0.467 e. The van der Waals surface area contributed by atoms with Gasteiger partial charge in [-0.1, -0.05) is 0 Å². The molecule has 6 heteroatoms. The van der Waals surface area contributed by atoms with Crippen molar-refractivity contribution >= 4 is 0 Å². The summed E-state index contributed by atoms with van der Waals surface area (Å²) < 4.78 is 10.1. The van der Waals surface area contributed by atoms with E-state index in [9.17, 15) is 0 Å². The lowest BCUT2D eigenvalue weighted by atomic mass is 9.99. The van der Waals surface area contributed by atoms with Crippen molar-refractivity contribution in [3.8, 4) is 29.5 Å². The summed E-state index contributed by atoms with van der Waals surface area (Å²) in [7, 11) is 2.95. The monoisotopic (exact) mass is 270 g/mol. The van der Waals surface area contributed by atoms with Crippen molar-refractivity contribution in [1.29, 1.82) is 5.26 Å². The molecular weight excluding hydrogens is 256 g/mol. The Hall–Kier alpha value is -2.68. The second kappa shape index (κ2) is 5.53. The van der Waals surface area contributed by atoms with Crippen LogP contribution in [0.2, 0.25) is 0 Å². The van der Waals surface area contributed by atoms with E-state index in [1.165, 1.54) is 14.2 Å². The molecule has 0 radical (unpaired) electrons. The lowest BCUT2D eigenvalue weighted by molar-refractivity contribution is 0.341. The second-order valence-corrected chi connectivity index (χ2v) is 4.23. The summed E-state index contributed by atoms with van der Waals surface area (Å²) in [5.41, 5.74) is 3.13. The van der Waals surface area contributed by atoms with E-state index in [0.29, 0.717) is 11.4 Å². The minimum absolute atomic E-state index is 0.172. The number of aryl methyl sites for hydroxylation is 1. The number of benzene rings is 1. The smallest absolute Gasteiger partial charge is 0.322 e. The molecule has 0 aliphatic heterocycles. The fraction of sp³-hybridized carbons (Fsp3) is 0.286. The van der Waals surface area contributed by atoms with Crippen LogP contribution in [-0.2, 0) is 0 Å². The molecule has 0 fully saturated rings. The number of hydrogen-bond acceptors (Lipinski definition) is 6. The molecule has 0 aliphatic carbocycles. The zero-order valence-corrected chi connectivity index (χ0v) is 11.8. The van der Waals surface area contributed by atoms with Crippen molar-refractivity contribution in [2.24, 2.45) is 0 Å². The quantitative estimate of drug-likeness (QED) is 0.849. The van der Waals surface area contributed by atoms with Gasteiger partial charge in [0.2, 0.25) is 0 Å². The number of methoxy groups -OCH3 is 2. The van der Waals surface area contributed by atoms with E-state index in [1.807, 2.05) is 26.0 Å². The van der Waals surface area contributed by atoms with Crippen LogP contribution in [0.15, 0.2) is 12.1 Å². The summed E-state index contributed by atoms with van der Waals surface area (Å²) in [6.45, 7) is 3.77. The van der Waals surface area contributed by atoms with Crippen LogP contribution in [0.3, 0.4) is 0 Å². The molecule has 0 spiro atoms. The van der Waals surface area contributed by atoms with Crippen LogP contribution >= 0.6 is 0 Å². The van der Waals surface area contributed by atoms with Gasteiger partial charge >= 0.3 is 12.0 Å². The Morgan fingerprint density at radius 3 is 2.10 bits per heavy atom. The molecule has 0 saturated heterocycles. The van der Waals surface area contributed by atoms with Gasteiger partial charge in [0.05, 0.1) is 25.9 Å². The molecule has 0 bridgehead atoms. The molecule has 1 aromatic carbocycles. The van der Waals surface area contributed by atoms with Gasteiger partial charge in [0.15, 0.2) is 5.82 Å². The van der Waals surface area contributed by atoms with Crippen molar-refractivity contribution in [2.75, 3.05) is 14.2 Å². The first kappa shape index (κ1) is 13.7. The zero-order chi connectivity index (χ0) is 14.7. The summed E-state index contributed by atoms with van der Waals surface area (Å²) in [4.78, 5) is 12.4. The molecule has 1 aromatic heterocycles. The zero-order valence-electron chi connectivity index (χ0n) is 11.8. The third-order valence-corrected chi connectivity index (χ3v) is 2.87. The van der Waals surface area contributed by atoms with Gasteiger partial charge in [-0.15, -0.1) is 4.98 Å². The highest BCUT2D eigenvalue weighted by Gasteiger charge is 2.14. The van der Waals surface area contributed by atoms with Crippen molar-refractivity contribution in [2.45, 2.75) is 13.8 Å². The second-order valence-electron chi connectivity index (χ2n) is 4.23. The Kier molecular flexibility index (Phi) is 3.80. The van der Waals surface area contributed by atoms with Gasteiger partial charge in [0.25, 0.3) is 0 Å². The summed E-state index contributed by atoms with van der Waals surface area (Å²) >= 11 is 0. The van der Waals surface area contributed by atoms with Crippen molar-refractivity contribution in [3.05, 3.63) is 28.8 Å². The lowest BCUT2D eigenvalue weighted by Crippen LogP contribution is -2.02. The highest BCUT2D eigenvalue weighted by Crippen LogP contribution is 2.26. The molecule has 0 saturated carbocycles. The summed E-state index contributed by atoms with van der Waals surface area (Å²) in [6, 6.07) is 6.26. The Morgan fingerprint density at radius 1 is 1.00 bits per heavy atom. The van der Waals surface area contributed by atoms with E-state index >= 15 is 0 Å². The number of aromatic nitrogens is 3. The number of nitrogens with zero attached hydrogens (tertiary/aromatic N) is 4. The average molecular weight is 270 g/mol. The summed E-state index contributed by atoms with van der Waals surface area (Å²) in [5.74, 6) is 0.423. The van der Waals surface area contributed by atoms with E-state index < -0.39 is 0 Å². The van der Waals surface area contributed by atoms with Crippen LogP contribution in [0.5, 0.6) is 12.0 Å². The van der Waals surface area contributed by atoms with Gasteiger partial charge in [-0.3, -0.25) is 0 Å². The molecule has 102 valence electrons. The van der Waals surface area contributed by atoms with Crippen LogP contribution in [0.25, 0.3) is 11.4 Å². The Balaban J connectivity index is 2.68. The molecule has 20 heavy (non-hydrogen) atoms. The number of nitriles is 1. The predicted octanol–water partition coefficient (Wildman–Crippen LogP) is 2.04. The van der Waals surface area contributed by atoms with Crippen LogP contribution in [0.1, 0.15) is 16.7 Å². The van der Waals surface area contributed by atoms with Gasteiger partial charge < -0.3 is 9.47 Å². The van der Waals surface area contributed by atoms with E-state index in [1.54, 1.807) is 0 Å². The molecular formula is C14H14N4O2. The first-order valence-electron chi connectivity index (χ1n) is 5.94. The van der Waals surface area contributed by atoms with Crippen molar-refractivity contribution in [1.82, 2.24) is 15.0 Å². The lowest BCUT2D eigenvalue weighted by Gasteiger charge is -2.09. The number of hydrogen-bond donors (Lipinski definition) is 0. The minimum atomic E-state index is 0.172. The van der Waals surface area contributed by atoms with Gasteiger partial charge in [0.1, 0.15) is 0 Å². The van der Waals surface area contributed by atoms with Gasteiger partial charge in [-0.2, -0.15) is 15.2 Å². The number of ether oxygens (including phenoxy) is 2. The van der Waals surface area contributed by atoms with Gasteiger partial charge in [-0.25, -0.2) is 0 Å². The normalized spacial score (nSPS) is 9.95. The first-order chi connectivity index (χ1) is 9.58. The van der Waals surface area contributed by atoms with Gasteiger partial charge in [-0.05, 0) is 37.1 Å². The van der Waals surface area contributed by atoms with E-state index in [-0.39, 0.29) is 12.0 Å². The van der Waals surface area contributed by atoms with Crippen LogP contribution in [0.4, 0.5) is 0 Å². The standard InChI is InChI=1S/C14H14N4O2/c1-8-5-10(7-15)9(2)11(6-8)12-16-13(19-3)18-14(17-12)20-4/h5-6H,1-4H3. The molecule has 2 aromatic rings. The van der Waals surface area contributed by atoms with E-state index in [4.69, 9.17) is 14.7 Å². The Labute approximate surface area is 117 Å². The molecule has 0 atom stereocenters. The molecule has 0 unspecified atom stereocenters. The van der Waals surface area contributed by atoms with Crippen LogP contribution in [-0.4, -0.2) is 29.2 Å². The summed E-state index contributed by atoms with van der Waals surface area (Å²) in [5, 5.41) is 9.16. The molecule has 1 heterocycles. The maximum Gasteiger partial charge on any atom is 0.322 e. The van der Waals surface area contributed by atoms with E-state index in [2.05, 4.69) is 21.0 Å². The van der Waals surface area contributed by atoms with Crippen LogP contribution in [0, 0.1) is 25.2 Å². The average Bonchev–Trinajstić information content (AvgIpc) is 2.48. The summed E-state index contributed by atoms with van der Waals surface area (Å²) in [6.07, 6.45) is 0. The Bertz CT molecular complexity index is 670. The minimum Gasteiger partial charge on any atom is -0.467 e. The fourth-order valence-corrected chi connectivity index (χ4v) is 1.85. The van der Waals surface area contributed by atoms with Crippen molar-refractivity contribution < 1.29 is 9.47 Å². The van der Waals surface area contributed by atoms with Gasteiger partial charge in [0, 0.05) is 5.56 Å². The third-order valence-electron chi connectivity index (χ3n) is 2.87. The maximum atomic E-state index is 9.16. The van der Waals surface area contributed by atoms with Crippen LogP contribution < -0.4 is 9.47 Å². The molecule has 2 rings (SSSR count). The molecule has 6 nitrogen and oxygen atoms in total. The molecule has 0 N–H and O–H groups in total. The highest BCUT2D eigenvalue weighted by atomic mass is 16.5. The SMILES string of the molecule is COc1nc(OC)nc(-c2cc(C)cc(C#N)c2C)n1.